The van der Waals surface area contributed by atoms with E-state index in [1.54, 1.807) is 5.30 Å². The second-order valence-corrected chi connectivity index (χ2v) is 8.55. The standard InChI is InChI=1S/C22H17P/c1-23-14-17-11-10-15-6-2-4-8-18(15)21(17)22-19-9-5-3-7-16(19)12-13-20(22)23/h2-13H,14H2,1H3. The normalized spacial score (nSPS) is 16.3. The summed E-state index contributed by atoms with van der Waals surface area (Å²) in [6, 6.07) is 26.9. The molecule has 0 nitrogen and oxygen atoms in total. The Bertz CT molecular complexity index is 1060. The molecule has 0 radical (unpaired) electrons. The van der Waals surface area contributed by atoms with E-state index in [-0.39, 0.29) is 7.92 Å². The Hall–Kier alpha value is -2.17. The molecule has 1 heterocycles. The summed E-state index contributed by atoms with van der Waals surface area (Å²) in [7, 11) is -0.123. The second-order valence-electron chi connectivity index (χ2n) is 6.36. The highest BCUT2D eigenvalue weighted by Crippen LogP contribution is 2.49. The molecule has 0 spiro atoms. The fourth-order valence-corrected chi connectivity index (χ4v) is 5.81. The Labute approximate surface area is 137 Å². The van der Waals surface area contributed by atoms with E-state index in [1.807, 2.05) is 0 Å². The quantitative estimate of drug-likeness (QED) is 0.354. The molecule has 0 saturated heterocycles. The van der Waals surface area contributed by atoms with Gasteiger partial charge in [-0.1, -0.05) is 80.7 Å². The van der Waals surface area contributed by atoms with Crippen LogP contribution in [0.3, 0.4) is 0 Å². The smallest absolute Gasteiger partial charge is 0.00192 e. The molecule has 1 aliphatic heterocycles. The minimum atomic E-state index is -0.123. The van der Waals surface area contributed by atoms with Crippen molar-refractivity contribution in [3.8, 4) is 11.1 Å². The van der Waals surface area contributed by atoms with Crippen molar-refractivity contribution in [2.45, 2.75) is 6.16 Å². The van der Waals surface area contributed by atoms with E-state index in [1.165, 1.54) is 44.4 Å². The molecule has 5 rings (SSSR count). The van der Waals surface area contributed by atoms with Crippen molar-refractivity contribution in [3.63, 3.8) is 0 Å². The Morgan fingerprint density at radius 1 is 0.652 bits per heavy atom. The van der Waals surface area contributed by atoms with Crippen LogP contribution < -0.4 is 5.30 Å². The van der Waals surface area contributed by atoms with Crippen LogP contribution in [0.4, 0.5) is 0 Å². The van der Waals surface area contributed by atoms with Crippen LogP contribution in [-0.4, -0.2) is 6.66 Å². The van der Waals surface area contributed by atoms with Gasteiger partial charge in [0.2, 0.25) is 0 Å². The number of benzene rings is 4. The summed E-state index contributed by atoms with van der Waals surface area (Å²) in [5.41, 5.74) is 4.46. The number of fused-ring (bicyclic) bond motifs is 7. The minimum absolute atomic E-state index is 0.123. The van der Waals surface area contributed by atoms with Crippen molar-refractivity contribution in [1.82, 2.24) is 0 Å². The van der Waals surface area contributed by atoms with Gasteiger partial charge in [-0.25, -0.2) is 0 Å². The fraction of sp³-hybridized carbons (Fsp3) is 0.0909. The zero-order valence-electron chi connectivity index (χ0n) is 13.1. The molecule has 1 aliphatic rings. The average Bonchev–Trinajstić information content (AvgIpc) is 2.61. The van der Waals surface area contributed by atoms with Crippen molar-refractivity contribution in [1.29, 1.82) is 0 Å². The lowest BCUT2D eigenvalue weighted by Gasteiger charge is -2.28. The first-order valence-electron chi connectivity index (χ1n) is 8.07. The third-order valence-electron chi connectivity index (χ3n) is 4.99. The zero-order chi connectivity index (χ0) is 15.4. The van der Waals surface area contributed by atoms with E-state index in [4.69, 9.17) is 0 Å². The van der Waals surface area contributed by atoms with E-state index in [0.29, 0.717) is 0 Å². The summed E-state index contributed by atoms with van der Waals surface area (Å²) < 4.78 is 0. The van der Waals surface area contributed by atoms with Gasteiger partial charge in [0.25, 0.3) is 0 Å². The van der Waals surface area contributed by atoms with E-state index in [0.717, 1.165) is 0 Å². The summed E-state index contributed by atoms with van der Waals surface area (Å²) in [5, 5.41) is 7.04. The molecule has 1 unspecified atom stereocenters. The predicted octanol–water partition coefficient (Wildman–Crippen LogP) is 5.91. The van der Waals surface area contributed by atoms with Gasteiger partial charge >= 0.3 is 0 Å². The average molecular weight is 312 g/mol. The second kappa shape index (κ2) is 4.91. The fourth-order valence-electron chi connectivity index (χ4n) is 3.93. The SMILES string of the molecule is CP1Cc2ccc3ccccc3c2-c2c1ccc1ccccc21. The van der Waals surface area contributed by atoms with Crippen molar-refractivity contribution in [3.05, 3.63) is 78.4 Å². The number of hydrogen-bond donors (Lipinski definition) is 0. The highest BCUT2D eigenvalue weighted by Gasteiger charge is 2.24. The van der Waals surface area contributed by atoms with Gasteiger partial charge in [-0.15, -0.1) is 0 Å². The maximum atomic E-state index is 2.42. The van der Waals surface area contributed by atoms with Crippen LogP contribution in [0, 0.1) is 0 Å². The van der Waals surface area contributed by atoms with Crippen molar-refractivity contribution in [2.75, 3.05) is 6.66 Å². The van der Waals surface area contributed by atoms with Crippen LogP contribution in [0.25, 0.3) is 32.7 Å². The van der Waals surface area contributed by atoms with Crippen LogP contribution in [0.5, 0.6) is 0 Å². The summed E-state index contributed by atoms with van der Waals surface area (Å²) in [6.07, 6.45) is 1.20. The first-order valence-corrected chi connectivity index (χ1v) is 10.0. The first-order chi connectivity index (χ1) is 11.3. The lowest BCUT2D eigenvalue weighted by Crippen LogP contribution is -2.13. The molecular formula is C22H17P. The molecule has 0 N–H and O–H groups in total. The van der Waals surface area contributed by atoms with Gasteiger partial charge in [0.1, 0.15) is 0 Å². The summed E-state index contributed by atoms with van der Waals surface area (Å²) in [5.74, 6) is 0. The van der Waals surface area contributed by atoms with Crippen molar-refractivity contribution in [2.24, 2.45) is 0 Å². The molecule has 0 aliphatic carbocycles. The molecule has 4 aromatic rings. The Morgan fingerprint density at radius 3 is 2.00 bits per heavy atom. The van der Waals surface area contributed by atoms with Crippen LogP contribution in [0.2, 0.25) is 0 Å². The summed E-state index contributed by atoms with van der Waals surface area (Å²) in [6.45, 7) is 2.42. The predicted molar refractivity (Wildman–Crippen MR) is 103 cm³/mol. The van der Waals surface area contributed by atoms with Gasteiger partial charge in [0, 0.05) is 0 Å². The zero-order valence-corrected chi connectivity index (χ0v) is 14.0. The van der Waals surface area contributed by atoms with Gasteiger partial charge in [-0.2, -0.15) is 0 Å². The summed E-state index contributed by atoms with van der Waals surface area (Å²) >= 11 is 0. The van der Waals surface area contributed by atoms with Crippen molar-refractivity contribution >= 4 is 34.8 Å². The number of hydrogen-bond acceptors (Lipinski definition) is 0. The molecule has 0 bridgehead atoms. The van der Waals surface area contributed by atoms with Gasteiger partial charge in [-0.05, 0) is 56.4 Å². The molecule has 0 aromatic heterocycles. The van der Waals surface area contributed by atoms with Crippen LogP contribution in [0.15, 0.2) is 72.8 Å². The molecule has 0 amide bonds. The maximum Gasteiger partial charge on any atom is -0.00192 e. The highest BCUT2D eigenvalue weighted by atomic mass is 31.1. The topological polar surface area (TPSA) is 0 Å². The first kappa shape index (κ1) is 13.3. The van der Waals surface area contributed by atoms with E-state index < -0.39 is 0 Å². The monoisotopic (exact) mass is 312 g/mol. The third kappa shape index (κ3) is 1.89. The molecule has 4 aromatic carbocycles. The van der Waals surface area contributed by atoms with Crippen LogP contribution in [0.1, 0.15) is 5.56 Å². The Morgan fingerprint density at radius 2 is 1.26 bits per heavy atom. The Kier molecular flexibility index (Phi) is 2.84. The molecule has 0 saturated carbocycles. The molecular weight excluding hydrogens is 295 g/mol. The third-order valence-corrected chi connectivity index (χ3v) is 7.00. The van der Waals surface area contributed by atoms with E-state index >= 15 is 0 Å². The van der Waals surface area contributed by atoms with Crippen LogP contribution >= 0.6 is 7.92 Å². The lowest BCUT2D eigenvalue weighted by molar-refractivity contribution is 1.40. The van der Waals surface area contributed by atoms with Crippen LogP contribution in [-0.2, 0) is 6.16 Å². The maximum absolute atomic E-state index is 2.42. The Balaban J connectivity index is 2.01. The van der Waals surface area contributed by atoms with Crippen molar-refractivity contribution < 1.29 is 0 Å². The largest absolute Gasteiger partial charge is 0.0733 e. The minimum Gasteiger partial charge on any atom is -0.0733 e. The molecule has 23 heavy (non-hydrogen) atoms. The molecule has 0 fully saturated rings. The van der Waals surface area contributed by atoms with Gasteiger partial charge < -0.3 is 0 Å². The molecule has 110 valence electrons. The van der Waals surface area contributed by atoms with Gasteiger partial charge in [-0.3, -0.25) is 0 Å². The molecule has 1 atom stereocenters. The van der Waals surface area contributed by atoms with E-state index in [2.05, 4.69) is 79.5 Å². The number of rotatable bonds is 0. The lowest BCUT2D eigenvalue weighted by atomic mass is 9.90. The molecule has 1 heteroatoms. The summed E-state index contributed by atoms with van der Waals surface area (Å²) in [4.78, 5) is 0. The van der Waals surface area contributed by atoms with Gasteiger partial charge in [0.05, 0.1) is 0 Å². The van der Waals surface area contributed by atoms with E-state index in [9.17, 15) is 0 Å². The highest BCUT2D eigenvalue weighted by molar-refractivity contribution is 7.64. The van der Waals surface area contributed by atoms with Gasteiger partial charge in [0.15, 0.2) is 0 Å².